The standard InChI is InChI=1S/C13H19NO2/c14-12(9-15)6-7-16-13-5-4-10-2-1-3-11(10)8-13/h4-5,8,12,15H,1-3,6-7,9,14H2. The Labute approximate surface area is 96.2 Å². The molecule has 0 aromatic heterocycles. The van der Waals surface area contributed by atoms with E-state index in [-0.39, 0.29) is 12.6 Å². The zero-order valence-electron chi connectivity index (χ0n) is 9.48. The lowest BCUT2D eigenvalue weighted by atomic mass is 10.1. The minimum atomic E-state index is -0.172. The van der Waals surface area contributed by atoms with Gasteiger partial charge in [-0.15, -0.1) is 0 Å². The van der Waals surface area contributed by atoms with Crippen molar-refractivity contribution in [3.05, 3.63) is 29.3 Å². The Morgan fingerprint density at radius 3 is 2.94 bits per heavy atom. The van der Waals surface area contributed by atoms with Gasteiger partial charge in [0.25, 0.3) is 0 Å². The van der Waals surface area contributed by atoms with E-state index in [1.807, 2.05) is 6.07 Å². The number of hydrogen-bond acceptors (Lipinski definition) is 3. The molecule has 1 unspecified atom stereocenters. The molecule has 1 atom stereocenters. The van der Waals surface area contributed by atoms with Crippen molar-refractivity contribution in [3.63, 3.8) is 0 Å². The number of aliphatic hydroxyl groups excluding tert-OH is 1. The number of benzene rings is 1. The van der Waals surface area contributed by atoms with E-state index in [0.29, 0.717) is 13.0 Å². The molecule has 0 amide bonds. The number of rotatable bonds is 5. The van der Waals surface area contributed by atoms with Crippen molar-refractivity contribution in [3.8, 4) is 5.75 Å². The molecule has 1 aliphatic rings. The first kappa shape index (κ1) is 11.4. The van der Waals surface area contributed by atoms with E-state index < -0.39 is 0 Å². The molecular weight excluding hydrogens is 202 g/mol. The van der Waals surface area contributed by atoms with Gasteiger partial charge in [0.15, 0.2) is 0 Å². The lowest BCUT2D eigenvalue weighted by molar-refractivity contribution is 0.230. The Morgan fingerprint density at radius 2 is 2.12 bits per heavy atom. The van der Waals surface area contributed by atoms with E-state index in [1.165, 1.54) is 30.4 Å². The SMILES string of the molecule is NC(CO)CCOc1ccc2c(c1)CCC2. The van der Waals surface area contributed by atoms with Crippen molar-refractivity contribution in [1.29, 1.82) is 0 Å². The minimum absolute atomic E-state index is 0.0214. The maximum atomic E-state index is 8.78. The molecular formula is C13H19NO2. The van der Waals surface area contributed by atoms with Gasteiger partial charge in [-0.25, -0.2) is 0 Å². The molecule has 0 radical (unpaired) electrons. The van der Waals surface area contributed by atoms with Gasteiger partial charge in [-0.3, -0.25) is 0 Å². The van der Waals surface area contributed by atoms with Crippen LogP contribution in [0.4, 0.5) is 0 Å². The van der Waals surface area contributed by atoms with Crippen LogP contribution < -0.4 is 10.5 Å². The lowest BCUT2D eigenvalue weighted by Gasteiger charge is -2.10. The molecule has 3 heteroatoms. The molecule has 1 aliphatic carbocycles. The van der Waals surface area contributed by atoms with Crippen LogP contribution in [-0.2, 0) is 12.8 Å². The first-order valence-electron chi connectivity index (χ1n) is 5.90. The molecule has 1 aromatic carbocycles. The molecule has 3 N–H and O–H groups in total. The van der Waals surface area contributed by atoms with E-state index >= 15 is 0 Å². The van der Waals surface area contributed by atoms with Gasteiger partial charge < -0.3 is 15.6 Å². The second kappa shape index (κ2) is 5.32. The molecule has 0 fully saturated rings. The van der Waals surface area contributed by atoms with Gasteiger partial charge in [0.1, 0.15) is 5.75 Å². The van der Waals surface area contributed by atoms with Crippen molar-refractivity contribution in [2.75, 3.05) is 13.2 Å². The highest BCUT2D eigenvalue weighted by atomic mass is 16.5. The summed E-state index contributed by atoms with van der Waals surface area (Å²) in [6.45, 7) is 0.591. The monoisotopic (exact) mass is 221 g/mol. The van der Waals surface area contributed by atoms with Crippen molar-refractivity contribution in [2.45, 2.75) is 31.7 Å². The van der Waals surface area contributed by atoms with E-state index in [4.69, 9.17) is 15.6 Å². The van der Waals surface area contributed by atoms with Crippen molar-refractivity contribution in [2.24, 2.45) is 5.73 Å². The van der Waals surface area contributed by atoms with E-state index in [0.717, 1.165) is 5.75 Å². The third-order valence-electron chi connectivity index (χ3n) is 3.06. The zero-order chi connectivity index (χ0) is 11.4. The average molecular weight is 221 g/mol. The van der Waals surface area contributed by atoms with Gasteiger partial charge in [0.05, 0.1) is 13.2 Å². The Kier molecular flexibility index (Phi) is 3.80. The van der Waals surface area contributed by atoms with Crippen LogP contribution >= 0.6 is 0 Å². The Hall–Kier alpha value is -1.06. The Balaban J connectivity index is 1.86. The topological polar surface area (TPSA) is 55.5 Å². The highest BCUT2D eigenvalue weighted by Gasteiger charge is 2.11. The number of hydrogen-bond donors (Lipinski definition) is 2. The van der Waals surface area contributed by atoms with E-state index in [2.05, 4.69) is 12.1 Å². The summed E-state index contributed by atoms with van der Waals surface area (Å²) in [5.41, 5.74) is 8.48. The lowest BCUT2D eigenvalue weighted by Crippen LogP contribution is -2.26. The van der Waals surface area contributed by atoms with Gasteiger partial charge >= 0.3 is 0 Å². The number of fused-ring (bicyclic) bond motifs is 1. The fourth-order valence-electron chi connectivity index (χ4n) is 2.06. The first-order chi connectivity index (χ1) is 7.79. The fourth-order valence-corrected chi connectivity index (χ4v) is 2.06. The van der Waals surface area contributed by atoms with Crippen LogP contribution in [0.1, 0.15) is 24.0 Å². The predicted molar refractivity (Wildman–Crippen MR) is 63.6 cm³/mol. The summed E-state index contributed by atoms with van der Waals surface area (Å²) in [5.74, 6) is 0.922. The van der Waals surface area contributed by atoms with Crippen LogP contribution in [-0.4, -0.2) is 24.4 Å². The molecule has 0 bridgehead atoms. The smallest absolute Gasteiger partial charge is 0.119 e. The maximum Gasteiger partial charge on any atom is 0.119 e. The predicted octanol–water partition coefficient (Wildman–Crippen LogP) is 1.26. The molecule has 16 heavy (non-hydrogen) atoms. The van der Waals surface area contributed by atoms with Crippen molar-refractivity contribution in [1.82, 2.24) is 0 Å². The second-order valence-electron chi connectivity index (χ2n) is 4.36. The quantitative estimate of drug-likeness (QED) is 0.787. The molecule has 88 valence electrons. The van der Waals surface area contributed by atoms with Crippen LogP contribution in [0.2, 0.25) is 0 Å². The molecule has 0 saturated heterocycles. The van der Waals surface area contributed by atoms with Crippen molar-refractivity contribution >= 4 is 0 Å². The van der Waals surface area contributed by atoms with E-state index in [1.54, 1.807) is 0 Å². The molecule has 0 heterocycles. The number of nitrogens with two attached hydrogens (primary N) is 1. The summed E-state index contributed by atoms with van der Waals surface area (Å²) in [6, 6.07) is 6.14. The van der Waals surface area contributed by atoms with Crippen LogP contribution in [0.5, 0.6) is 5.75 Å². The summed E-state index contributed by atoms with van der Waals surface area (Å²) < 4.78 is 5.61. The molecule has 0 saturated carbocycles. The summed E-state index contributed by atoms with van der Waals surface area (Å²) in [5, 5.41) is 8.78. The molecule has 2 rings (SSSR count). The number of aliphatic hydroxyl groups is 1. The normalized spacial score (nSPS) is 15.9. The van der Waals surface area contributed by atoms with Crippen LogP contribution in [0.3, 0.4) is 0 Å². The largest absolute Gasteiger partial charge is 0.494 e. The van der Waals surface area contributed by atoms with Gasteiger partial charge in [0.2, 0.25) is 0 Å². The van der Waals surface area contributed by atoms with Gasteiger partial charge in [-0.05, 0) is 48.9 Å². The Morgan fingerprint density at radius 1 is 1.31 bits per heavy atom. The molecule has 3 nitrogen and oxygen atoms in total. The first-order valence-corrected chi connectivity index (χ1v) is 5.90. The van der Waals surface area contributed by atoms with Crippen LogP contribution in [0, 0.1) is 0 Å². The van der Waals surface area contributed by atoms with E-state index in [9.17, 15) is 0 Å². The second-order valence-corrected chi connectivity index (χ2v) is 4.36. The average Bonchev–Trinajstić information content (AvgIpc) is 2.76. The summed E-state index contributed by atoms with van der Waals surface area (Å²) in [7, 11) is 0. The third kappa shape index (κ3) is 2.74. The minimum Gasteiger partial charge on any atom is -0.494 e. The summed E-state index contributed by atoms with van der Waals surface area (Å²) >= 11 is 0. The van der Waals surface area contributed by atoms with Gasteiger partial charge in [0, 0.05) is 6.04 Å². The van der Waals surface area contributed by atoms with Gasteiger partial charge in [-0.2, -0.15) is 0 Å². The maximum absolute atomic E-state index is 8.78. The Bertz CT molecular complexity index is 352. The highest BCUT2D eigenvalue weighted by Crippen LogP contribution is 2.25. The number of aryl methyl sites for hydroxylation is 2. The molecule has 0 spiro atoms. The third-order valence-corrected chi connectivity index (χ3v) is 3.06. The van der Waals surface area contributed by atoms with Crippen molar-refractivity contribution < 1.29 is 9.84 Å². The van der Waals surface area contributed by atoms with Crippen LogP contribution in [0.25, 0.3) is 0 Å². The van der Waals surface area contributed by atoms with Crippen LogP contribution in [0.15, 0.2) is 18.2 Å². The number of ether oxygens (including phenoxy) is 1. The fraction of sp³-hybridized carbons (Fsp3) is 0.538. The van der Waals surface area contributed by atoms with Gasteiger partial charge in [-0.1, -0.05) is 6.07 Å². The summed E-state index contributed by atoms with van der Waals surface area (Å²) in [6.07, 6.45) is 4.31. The highest BCUT2D eigenvalue weighted by molar-refractivity contribution is 5.38. The molecule has 0 aliphatic heterocycles. The zero-order valence-corrected chi connectivity index (χ0v) is 9.48. The summed E-state index contributed by atoms with van der Waals surface area (Å²) in [4.78, 5) is 0. The molecule has 1 aromatic rings.